The van der Waals surface area contributed by atoms with E-state index in [2.05, 4.69) is 22.0 Å². The first-order valence-electron chi connectivity index (χ1n) is 6.58. The maximum Gasteiger partial charge on any atom is 0.127 e. The molecule has 0 saturated heterocycles. The van der Waals surface area contributed by atoms with Crippen molar-refractivity contribution in [2.24, 2.45) is 5.73 Å². The van der Waals surface area contributed by atoms with Gasteiger partial charge in [0.15, 0.2) is 0 Å². The molecule has 3 rings (SSSR count). The first-order chi connectivity index (χ1) is 9.63. The summed E-state index contributed by atoms with van der Waals surface area (Å²) in [6.45, 7) is 0.732. The van der Waals surface area contributed by atoms with E-state index in [1.54, 1.807) is 6.07 Å². The lowest BCUT2D eigenvalue weighted by atomic mass is 9.97. The first kappa shape index (κ1) is 13.6. The van der Waals surface area contributed by atoms with Crippen molar-refractivity contribution in [2.75, 3.05) is 6.61 Å². The summed E-state index contributed by atoms with van der Waals surface area (Å²) in [6.07, 6.45) is 1.40. The first-order valence-corrected chi connectivity index (χ1v) is 7.38. The van der Waals surface area contributed by atoms with Crippen molar-refractivity contribution < 1.29 is 9.13 Å². The van der Waals surface area contributed by atoms with Gasteiger partial charge >= 0.3 is 0 Å². The SMILES string of the molecule is NC(Cc1ccc(Br)cc1F)c1ccc2c(c1)CCO2. The van der Waals surface area contributed by atoms with Crippen LogP contribution < -0.4 is 10.5 Å². The van der Waals surface area contributed by atoms with Crippen LogP contribution in [0.5, 0.6) is 5.75 Å². The number of benzene rings is 2. The Balaban J connectivity index is 1.80. The average molecular weight is 336 g/mol. The van der Waals surface area contributed by atoms with Crippen molar-refractivity contribution in [1.29, 1.82) is 0 Å². The minimum Gasteiger partial charge on any atom is -0.493 e. The normalized spacial score (nSPS) is 14.8. The fourth-order valence-corrected chi connectivity index (χ4v) is 2.81. The van der Waals surface area contributed by atoms with Crippen LogP contribution in [0.4, 0.5) is 4.39 Å². The molecule has 1 unspecified atom stereocenters. The van der Waals surface area contributed by atoms with Crippen LogP contribution in [0.2, 0.25) is 0 Å². The summed E-state index contributed by atoms with van der Waals surface area (Å²) in [5, 5.41) is 0. The summed E-state index contributed by atoms with van der Waals surface area (Å²) in [5.41, 5.74) is 9.06. The van der Waals surface area contributed by atoms with Crippen molar-refractivity contribution in [3.8, 4) is 5.75 Å². The molecule has 20 heavy (non-hydrogen) atoms. The lowest BCUT2D eigenvalue weighted by molar-refractivity contribution is 0.357. The quantitative estimate of drug-likeness (QED) is 0.926. The van der Waals surface area contributed by atoms with Gasteiger partial charge < -0.3 is 10.5 Å². The molecule has 104 valence electrons. The second-order valence-electron chi connectivity index (χ2n) is 5.01. The average Bonchev–Trinajstić information content (AvgIpc) is 2.89. The third kappa shape index (κ3) is 2.72. The van der Waals surface area contributed by atoms with Crippen LogP contribution in [0.1, 0.15) is 22.7 Å². The highest BCUT2D eigenvalue weighted by Crippen LogP contribution is 2.29. The van der Waals surface area contributed by atoms with E-state index in [-0.39, 0.29) is 11.9 Å². The van der Waals surface area contributed by atoms with Gasteiger partial charge in [-0.25, -0.2) is 4.39 Å². The third-order valence-corrected chi connectivity index (χ3v) is 4.09. The molecule has 1 atom stereocenters. The Hall–Kier alpha value is -1.39. The van der Waals surface area contributed by atoms with Gasteiger partial charge in [0.25, 0.3) is 0 Å². The molecule has 2 aromatic rings. The number of hydrogen-bond donors (Lipinski definition) is 1. The summed E-state index contributed by atoms with van der Waals surface area (Å²) in [5.74, 6) is 0.718. The monoisotopic (exact) mass is 335 g/mol. The molecule has 1 aliphatic rings. The minimum absolute atomic E-state index is 0.212. The molecule has 2 N–H and O–H groups in total. The molecule has 0 amide bonds. The van der Waals surface area contributed by atoms with Gasteiger partial charge in [-0.1, -0.05) is 34.1 Å². The number of hydrogen-bond acceptors (Lipinski definition) is 2. The molecule has 2 aromatic carbocycles. The molecule has 0 aromatic heterocycles. The molecular formula is C16H15BrFNO. The Labute approximate surface area is 125 Å². The van der Waals surface area contributed by atoms with Crippen LogP contribution in [-0.2, 0) is 12.8 Å². The molecule has 0 saturated carbocycles. The number of rotatable bonds is 3. The molecule has 4 heteroatoms. The molecular weight excluding hydrogens is 321 g/mol. The summed E-state index contributed by atoms with van der Waals surface area (Å²) in [6, 6.07) is 10.9. The van der Waals surface area contributed by atoms with E-state index in [9.17, 15) is 4.39 Å². The third-order valence-electron chi connectivity index (χ3n) is 3.60. The zero-order chi connectivity index (χ0) is 14.1. The van der Waals surface area contributed by atoms with Crippen LogP contribution in [0.3, 0.4) is 0 Å². The number of fused-ring (bicyclic) bond motifs is 1. The van der Waals surface area contributed by atoms with E-state index in [0.717, 1.165) is 28.8 Å². The second kappa shape index (κ2) is 5.54. The summed E-state index contributed by atoms with van der Waals surface area (Å²) < 4.78 is 20.1. The van der Waals surface area contributed by atoms with Gasteiger partial charge in [0.2, 0.25) is 0 Å². The van der Waals surface area contributed by atoms with Crippen LogP contribution in [-0.4, -0.2) is 6.61 Å². The van der Waals surface area contributed by atoms with E-state index >= 15 is 0 Å². The minimum atomic E-state index is -0.223. The van der Waals surface area contributed by atoms with E-state index in [1.807, 2.05) is 18.2 Å². The molecule has 2 nitrogen and oxygen atoms in total. The largest absolute Gasteiger partial charge is 0.493 e. The Morgan fingerprint density at radius 1 is 1.25 bits per heavy atom. The maximum absolute atomic E-state index is 13.8. The fraction of sp³-hybridized carbons (Fsp3) is 0.250. The van der Waals surface area contributed by atoms with Crippen molar-refractivity contribution >= 4 is 15.9 Å². The smallest absolute Gasteiger partial charge is 0.127 e. The van der Waals surface area contributed by atoms with Gasteiger partial charge in [-0.05, 0) is 41.3 Å². The second-order valence-corrected chi connectivity index (χ2v) is 5.93. The standard InChI is InChI=1S/C16H15BrFNO/c17-13-3-1-10(14(18)9-13)8-15(19)11-2-4-16-12(7-11)5-6-20-16/h1-4,7,9,15H,5-6,8,19H2. The highest BCUT2D eigenvalue weighted by atomic mass is 79.9. The van der Waals surface area contributed by atoms with Gasteiger partial charge in [0.05, 0.1) is 6.61 Å². The zero-order valence-electron chi connectivity index (χ0n) is 10.9. The lowest BCUT2D eigenvalue weighted by Gasteiger charge is -2.14. The van der Waals surface area contributed by atoms with Crippen LogP contribution in [0.25, 0.3) is 0 Å². The van der Waals surface area contributed by atoms with E-state index in [4.69, 9.17) is 10.5 Å². The lowest BCUT2D eigenvalue weighted by Crippen LogP contribution is -2.14. The Morgan fingerprint density at radius 3 is 2.90 bits per heavy atom. The predicted molar refractivity (Wildman–Crippen MR) is 80.4 cm³/mol. The van der Waals surface area contributed by atoms with Crippen molar-refractivity contribution in [1.82, 2.24) is 0 Å². The summed E-state index contributed by atoms with van der Waals surface area (Å²) >= 11 is 3.26. The van der Waals surface area contributed by atoms with Gasteiger partial charge in [-0.3, -0.25) is 0 Å². The Bertz CT molecular complexity index is 644. The Morgan fingerprint density at radius 2 is 2.10 bits per heavy atom. The van der Waals surface area contributed by atoms with Crippen LogP contribution >= 0.6 is 15.9 Å². The predicted octanol–water partition coefficient (Wildman–Crippen LogP) is 3.77. The highest BCUT2D eigenvalue weighted by molar-refractivity contribution is 9.10. The molecule has 0 fully saturated rings. The molecule has 0 aliphatic carbocycles. The van der Waals surface area contributed by atoms with E-state index in [1.165, 1.54) is 11.6 Å². The summed E-state index contributed by atoms with van der Waals surface area (Å²) in [4.78, 5) is 0. The molecule has 0 radical (unpaired) electrons. The van der Waals surface area contributed by atoms with E-state index in [0.29, 0.717) is 12.0 Å². The van der Waals surface area contributed by atoms with Crippen LogP contribution in [0.15, 0.2) is 40.9 Å². The number of halogens is 2. The van der Waals surface area contributed by atoms with Crippen molar-refractivity contribution in [3.63, 3.8) is 0 Å². The molecule has 1 heterocycles. The maximum atomic E-state index is 13.8. The Kier molecular flexibility index (Phi) is 3.76. The van der Waals surface area contributed by atoms with Gasteiger partial charge in [0, 0.05) is 16.9 Å². The van der Waals surface area contributed by atoms with E-state index < -0.39 is 0 Å². The van der Waals surface area contributed by atoms with Crippen LogP contribution in [0, 0.1) is 5.82 Å². The van der Waals surface area contributed by atoms with Crippen molar-refractivity contribution in [2.45, 2.75) is 18.9 Å². The number of ether oxygens (including phenoxy) is 1. The van der Waals surface area contributed by atoms with Gasteiger partial charge in [-0.2, -0.15) is 0 Å². The zero-order valence-corrected chi connectivity index (χ0v) is 12.5. The topological polar surface area (TPSA) is 35.2 Å². The van der Waals surface area contributed by atoms with Crippen molar-refractivity contribution in [3.05, 3.63) is 63.4 Å². The fourth-order valence-electron chi connectivity index (χ4n) is 2.48. The molecule has 1 aliphatic heterocycles. The highest BCUT2D eigenvalue weighted by Gasteiger charge is 2.16. The summed E-state index contributed by atoms with van der Waals surface area (Å²) in [7, 11) is 0. The number of nitrogens with two attached hydrogens (primary N) is 1. The van der Waals surface area contributed by atoms with Gasteiger partial charge in [-0.15, -0.1) is 0 Å². The molecule has 0 spiro atoms. The molecule has 0 bridgehead atoms. The van der Waals surface area contributed by atoms with Gasteiger partial charge in [0.1, 0.15) is 11.6 Å².